The molecule has 0 N–H and O–H groups in total. The topological polar surface area (TPSA) is 46.6 Å². The van der Waals surface area contributed by atoms with Gasteiger partial charge < -0.3 is 9.64 Å². The van der Waals surface area contributed by atoms with Gasteiger partial charge in [0.2, 0.25) is 5.91 Å². The Bertz CT molecular complexity index is 1150. The summed E-state index contributed by atoms with van der Waals surface area (Å²) in [6.07, 6.45) is 2.18. The third-order valence-corrected chi connectivity index (χ3v) is 7.34. The van der Waals surface area contributed by atoms with Crippen LogP contribution in [0.15, 0.2) is 72.8 Å². The maximum absolute atomic E-state index is 13.4. The van der Waals surface area contributed by atoms with E-state index in [1.165, 1.54) is 0 Å². The summed E-state index contributed by atoms with van der Waals surface area (Å²) in [5, 5.41) is 0. The lowest BCUT2D eigenvalue weighted by Crippen LogP contribution is -2.52. The molecule has 4 heteroatoms. The minimum atomic E-state index is -0.501. The predicted molar refractivity (Wildman–Crippen MR) is 133 cm³/mol. The van der Waals surface area contributed by atoms with Gasteiger partial charge >= 0.3 is 0 Å². The summed E-state index contributed by atoms with van der Waals surface area (Å²) in [7, 11) is 0. The third kappa shape index (κ3) is 4.37. The first-order chi connectivity index (χ1) is 16.4. The molecule has 0 aromatic heterocycles. The van der Waals surface area contributed by atoms with Crippen LogP contribution in [0.5, 0.6) is 5.75 Å². The molecule has 174 valence electrons. The first kappa shape index (κ1) is 22.4. The van der Waals surface area contributed by atoms with Gasteiger partial charge in [0, 0.05) is 38.3 Å². The molecular weight excluding hydrogens is 422 g/mol. The number of benzene rings is 3. The third-order valence-electron chi connectivity index (χ3n) is 7.34. The molecule has 0 saturated carbocycles. The minimum Gasteiger partial charge on any atom is -0.486 e. The van der Waals surface area contributed by atoms with E-state index in [2.05, 4.69) is 24.3 Å². The fourth-order valence-electron chi connectivity index (χ4n) is 5.56. The van der Waals surface area contributed by atoms with Crippen LogP contribution in [0, 0.1) is 13.8 Å². The van der Waals surface area contributed by atoms with Gasteiger partial charge in [-0.2, -0.15) is 0 Å². The molecule has 4 nitrogen and oxygen atoms in total. The van der Waals surface area contributed by atoms with Crippen LogP contribution in [-0.2, 0) is 4.79 Å². The summed E-state index contributed by atoms with van der Waals surface area (Å²) in [6.45, 7) is 5.23. The maximum Gasteiger partial charge on any atom is 0.223 e. The van der Waals surface area contributed by atoms with Crippen LogP contribution in [0.2, 0.25) is 0 Å². The summed E-state index contributed by atoms with van der Waals surface area (Å²) >= 11 is 0. The Kier molecular flexibility index (Phi) is 5.99. The molecule has 34 heavy (non-hydrogen) atoms. The summed E-state index contributed by atoms with van der Waals surface area (Å²) in [4.78, 5) is 28.4. The van der Waals surface area contributed by atoms with Crippen molar-refractivity contribution >= 4 is 11.7 Å². The standard InChI is InChI=1S/C30H31NO3/c1-21-17-22(2)29-26(32)20-30(34-27(29)18-21)13-15-31(16-14-30)28(33)19-25(23-9-5-3-6-10-23)24-11-7-4-8-12-24/h3-12,17-18,25H,13-16,19-20H2,1-2H3. The van der Waals surface area contributed by atoms with Crippen molar-refractivity contribution in [2.75, 3.05) is 13.1 Å². The van der Waals surface area contributed by atoms with Crippen LogP contribution >= 0.6 is 0 Å². The number of piperidine rings is 1. The number of carbonyl (C=O) groups is 2. The van der Waals surface area contributed by atoms with Gasteiger partial charge in [-0.25, -0.2) is 0 Å². The first-order valence-electron chi connectivity index (χ1n) is 12.2. The molecule has 2 aliphatic rings. The van der Waals surface area contributed by atoms with E-state index in [9.17, 15) is 9.59 Å². The summed E-state index contributed by atoms with van der Waals surface area (Å²) < 4.78 is 6.48. The number of hydrogen-bond donors (Lipinski definition) is 0. The number of amides is 1. The molecule has 3 aromatic rings. The second-order valence-corrected chi connectivity index (χ2v) is 9.80. The van der Waals surface area contributed by atoms with Crippen LogP contribution in [0.3, 0.4) is 0 Å². The SMILES string of the molecule is Cc1cc(C)c2c(c1)OC1(CCN(C(=O)CC(c3ccccc3)c3ccccc3)CC1)CC2=O. The van der Waals surface area contributed by atoms with Crippen molar-refractivity contribution in [3.8, 4) is 5.75 Å². The average Bonchev–Trinajstić information content (AvgIpc) is 2.83. The zero-order valence-electron chi connectivity index (χ0n) is 19.9. The van der Waals surface area contributed by atoms with E-state index in [-0.39, 0.29) is 17.6 Å². The Morgan fingerprint density at radius 3 is 2.12 bits per heavy atom. The van der Waals surface area contributed by atoms with Gasteiger partial charge in [-0.05, 0) is 42.2 Å². The van der Waals surface area contributed by atoms with Crippen molar-refractivity contribution in [2.45, 2.75) is 51.0 Å². The Morgan fingerprint density at radius 2 is 1.53 bits per heavy atom. The summed E-state index contributed by atoms with van der Waals surface area (Å²) in [5.74, 6) is 1.05. The quantitative estimate of drug-likeness (QED) is 0.498. The smallest absolute Gasteiger partial charge is 0.223 e. The molecule has 0 bridgehead atoms. The summed E-state index contributed by atoms with van der Waals surface area (Å²) in [5.41, 5.74) is 4.61. The van der Waals surface area contributed by atoms with Gasteiger partial charge in [-0.15, -0.1) is 0 Å². The lowest BCUT2D eigenvalue weighted by atomic mass is 9.81. The van der Waals surface area contributed by atoms with E-state index in [4.69, 9.17) is 4.74 Å². The molecule has 0 unspecified atom stereocenters. The van der Waals surface area contributed by atoms with Crippen LogP contribution in [0.25, 0.3) is 0 Å². The van der Waals surface area contributed by atoms with E-state index < -0.39 is 5.60 Å². The van der Waals surface area contributed by atoms with E-state index in [0.717, 1.165) is 27.8 Å². The van der Waals surface area contributed by atoms with Crippen molar-refractivity contribution in [2.24, 2.45) is 0 Å². The van der Waals surface area contributed by atoms with E-state index in [1.807, 2.05) is 67.3 Å². The number of rotatable bonds is 4. The molecule has 1 spiro atoms. The molecule has 3 aromatic carbocycles. The van der Waals surface area contributed by atoms with E-state index >= 15 is 0 Å². The monoisotopic (exact) mass is 453 g/mol. The first-order valence-corrected chi connectivity index (χ1v) is 12.2. The van der Waals surface area contributed by atoms with Gasteiger partial charge in [0.15, 0.2) is 5.78 Å². The molecule has 5 rings (SSSR count). The zero-order valence-corrected chi connectivity index (χ0v) is 19.9. The van der Waals surface area contributed by atoms with Crippen LogP contribution < -0.4 is 4.74 Å². The molecular formula is C30H31NO3. The number of ether oxygens (including phenoxy) is 1. The van der Waals surface area contributed by atoms with Crippen LogP contribution in [0.4, 0.5) is 0 Å². The second-order valence-electron chi connectivity index (χ2n) is 9.80. The van der Waals surface area contributed by atoms with Gasteiger partial charge in [0.1, 0.15) is 11.4 Å². The molecule has 2 aliphatic heterocycles. The average molecular weight is 454 g/mol. The molecule has 2 heterocycles. The highest BCUT2D eigenvalue weighted by Crippen LogP contribution is 2.41. The van der Waals surface area contributed by atoms with Crippen molar-refractivity contribution in [1.29, 1.82) is 0 Å². The fraction of sp³-hybridized carbons (Fsp3) is 0.333. The van der Waals surface area contributed by atoms with E-state index in [0.29, 0.717) is 44.5 Å². The van der Waals surface area contributed by atoms with Crippen LogP contribution in [-0.4, -0.2) is 35.3 Å². The van der Waals surface area contributed by atoms with Crippen LogP contribution in [0.1, 0.15) is 64.2 Å². The Balaban J connectivity index is 1.30. The maximum atomic E-state index is 13.4. The molecule has 1 fully saturated rings. The predicted octanol–water partition coefficient (Wildman–Crippen LogP) is 5.85. The van der Waals surface area contributed by atoms with Crippen molar-refractivity contribution in [3.05, 3.63) is 101 Å². The summed E-state index contributed by atoms with van der Waals surface area (Å²) in [6, 6.07) is 24.5. The lowest BCUT2D eigenvalue weighted by Gasteiger charge is -2.44. The second kappa shape index (κ2) is 9.09. The van der Waals surface area contributed by atoms with Crippen molar-refractivity contribution in [3.63, 3.8) is 0 Å². The molecule has 1 saturated heterocycles. The number of aryl methyl sites for hydroxylation is 2. The van der Waals surface area contributed by atoms with Gasteiger partial charge in [0.05, 0.1) is 12.0 Å². The normalized spacial score (nSPS) is 16.9. The number of nitrogens with zero attached hydrogens (tertiary/aromatic N) is 1. The number of Topliss-reactive ketones (excluding diaryl/α,β-unsaturated/α-hetero) is 1. The number of hydrogen-bond acceptors (Lipinski definition) is 3. The highest BCUT2D eigenvalue weighted by atomic mass is 16.5. The van der Waals surface area contributed by atoms with Gasteiger partial charge in [-0.3, -0.25) is 9.59 Å². The lowest BCUT2D eigenvalue weighted by molar-refractivity contribution is -0.135. The molecule has 1 amide bonds. The number of likely N-dealkylation sites (tertiary alicyclic amines) is 1. The zero-order chi connectivity index (χ0) is 23.7. The Labute approximate surface area is 201 Å². The minimum absolute atomic E-state index is 0.0242. The van der Waals surface area contributed by atoms with E-state index in [1.54, 1.807) is 0 Å². The van der Waals surface area contributed by atoms with Gasteiger partial charge in [-0.1, -0.05) is 66.7 Å². The largest absolute Gasteiger partial charge is 0.486 e. The Morgan fingerprint density at radius 1 is 0.941 bits per heavy atom. The number of ketones is 1. The van der Waals surface area contributed by atoms with Gasteiger partial charge in [0.25, 0.3) is 0 Å². The van der Waals surface area contributed by atoms with Crippen molar-refractivity contribution < 1.29 is 14.3 Å². The fourth-order valence-corrected chi connectivity index (χ4v) is 5.56. The molecule has 0 radical (unpaired) electrons. The van der Waals surface area contributed by atoms with Crippen molar-refractivity contribution in [1.82, 2.24) is 4.90 Å². The highest BCUT2D eigenvalue weighted by Gasteiger charge is 2.44. The number of carbonyl (C=O) groups excluding carboxylic acids is 2. The number of fused-ring (bicyclic) bond motifs is 1. The molecule has 0 atom stereocenters. The molecule has 0 aliphatic carbocycles. The highest BCUT2D eigenvalue weighted by molar-refractivity contribution is 6.01. The Hall–Kier alpha value is -3.40.